The third-order valence-electron chi connectivity index (χ3n) is 2.94. The van der Waals surface area contributed by atoms with E-state index in [1.807, 2.05) is 0 Å². The monoisotopic (exact) mass is 318 g/mol. The molecular weight excluding hydrogens is 294 g/mol. The first-order valence-electron chi connectivity index (χ1n) is 6.89. The molecule has 3 nitrogen and oxygen atoms in total. The minimum atomic E-state index is -3.25. The Kier molecular flexibility index (Phi) is 6.14. The van der Waals surface area contributed by atoms with Crippen LogP contribution >= 0.6 is 7.60 Å². The van der Waals surface area contributed by atoms with Crippen molar-refractivity contribution in [2.24, 2.45) is 0 Å². The summed E-state index contributed by atoms with van der Waals surface area (Å²) in [4.78, 5) is 0. The molecule has 0 fully saturated rings. The molecule has 1 aromatic carbocycles. The van der Waals surface area contributed by atoms with E-state index in [4.69, 9.17) is 9.05 Å². The second-order valence-electron chi connectivity index (χ2n) is 5.70. The van der Waals surface area contributed by atoms with Crippen LogP contribution in [0.3, 0.4) is 0 Å². The Hall–Kier alpha value is -0.483. The maximum Gasteiger partial charge on any atom is 0.335 e. The number of hydrogen-bond acceptors (Lipinski definition) is 3. The van der Waals surface area contributed by atoms with Crippen LogP contribution in [0, 0.1) is 5.82 Å². The van der Waals surface area contributed by atoms with Gasteiger partial charge in [-0.25, -0.2) is 4.39 Å². The maximum absolute atomic E-state index is 13.1. The topological polar surface area (TPSA) is 35.5 Å². The lowest BCUT2D eigenvalue weighted by Crippen LogP contribution is -2.32. The molecule has 0 aliphatic heterocycles. The summed E-state index contributed by atoms with van der Waals surface area (Å²) in [6.07, 6.45) is 0. The van der Waals surface area contributed by atoms with Crippen LogP contribution in [-0.4, -0.2) is 21.3 Å². The van der Waals surface area contributed by atoms with Gasteiger partial charge in [0, 0.05) is 0 Å². The van der Waals surface area contributed by atoms with Gasteiger partial charge >= 0.3 is 7.60 Å². The summed E-state index contributed by atoms with van der Waals surface area (Å²) in [5, 5.41) is -0.296. The maximum atomic E-state index is 13.1. The smallest absolute Gasteiger partial charge is 0.309 e. The van der Waals surface area contributed by atoms with Gasteiger partial charge in [0.15, 0.2) is 0 Å². The number of rotatable bonds is 7. The number of benzene rings is 1. The lowest BCUT2D eigenvalue weighted by atomic mass is 10.2. The van der Waals surface area contributed by atoms with Gasteiger partial charge in [-0.3, -0.25) is 4.57 Å². The second kappa shape index (κ2) is 6.99. The molecular formula is C14H24FO3PSi. The van der Waals surface area contributed by atoms with E-state index in [1.54, 1.807) is 26.0 Å². The molecule has 0 spiro atoms. The van der Waals surface area contributed by atoms with Crippen LogP contribution in [0.25, 0.3) is 0 Å². The van der Waals surface area contributed by atoms with Gasteiger partial charge in [0.1, 0.15) is 5.82 Å². The molecule has 0 saturated carbocycles. The molecule has 0 aromatic heterocycles. The highest BCUT2D eigenvalue weighted by Gasteiger charge is 2.45. The molecule has 1 rings (SSSR count). The van der Waals surface area contributed by atoms with E-state index >= 15 is 0 Å². The average Bonchev–Trinajstić information content (AvgIpc) is 2.30. The number of hydrogen-bond donors (Lipinski definition) is 0. The second-order valence-corrected chi connectivity index (χ2v) is 13.6. The summed E-state index contributed by atoms with van der Waals surface area (Å²) in [6, 6.07) is 6.15. The van der Waals surface area contributed by atoms with E-state index < -0.39 is 15.7 Å². The normalized spacial score (nSPS) is 14.3. The summed E-state index contributed by atoms with van der Waals surface area (Å²) < 4.78 is 37.3. The predicted octanol–water partition coefficient (Wildman–Crippen LogP) is 5.01. The summed E-state index contributed by atoms with van der Waals surface area (Å²) in [5.41, 5.74) is 0.829. The molecule has 1 aromatic rings. The molecule has 0 saturated heterocycles. The van der Waals surface area contributed by atoms with Crippen molar-refractivity contribution in [3.05, 3.63) is 35.6 Å². The van der Waals surface area contributed by atoms with Crippen LogP contribution in [0.15, 0.2) is 24.3 Å². The Bertz CT molecular complexity index is 460. The highest BCUT2D eigenvalue weighted by atomic mass is 31.2. The molecule has 0 aliphatic rings. The SMILES string of the molecule is CCOP(=O)(OCC)C(c1ccc(F)cc1)[Si](C)(C)C. The zero-order valence-electron chi connectivity index (χ0n) is 12.9. The van der Waals surface area contributed by atoms with Crippen LogP contribution in [0.4, 0.5) is 4.39 Å². The van der Waals surface area contributed by atoms with Crippen molar-refractivity contribution in [2.75, 3.05) is 13.2 Å². The van der Waals surface area contributed by atoms with Gasteiger partial charge in [-0.05, 0) is 31.5 Å². The fraction of sp³-hybridized carbons (Fsp3) is 0.571. The molecule has 0 heterocycles. The zero-order valence-corrected chi connectivity index (χ0v) is 14.7. The van der Waals surface area contributed by atoms with Gasteiger partial charge in [0.05, 0.1) is 26.6 Å². The molecule has 0 radical (unpaired) electrons. The summed E-state index contributed by atoms with van der Waals surface area (Å²) in [7, 11) is -5.14. The van der Waals surface area contributed by atoms with Crippen LogP contribution in [0.1, 0.15) is 24.7 Å². The summed E-state index contributed by atoms with van der Waals surface area (Å²) >= 11 is 0. The zero-order chi connectivity index (χ0) is 15.4. The number of halogens is 1. The van der Waals surface area contributed by atoms with Crippen molar-refractivity contribution in [3.8, 4) is 0 Å². The van der Waals surface area contributed by atoms with Gasteiger partial charge in [0.25, 0.3) is 0 Å². The van der Waals surface area contributed by atoms with E-state index in [2.05, 4.69) is 19.6 Å². The van der Waals surface area contributed by atoms with E-state index in [-0.39, 0.29) is 11.1 Å². The minimum absolute atomic E-state index is 0.296. The van der Waals surface area contributed by atoms with E-state index in [9.17, 15) is 8.96 Å². The fourth-order valence-electron chi connectivity index (χ4n) is 2.35. The van der Waals surface area contributed by atoms with Crippen LogP contribution < -0.4 is 0 Å². The summed E-state index contributed by atoms with van der Waals surface area (Å²) in [6.45, 7) is 10.6. The average molecular weight is 318 g/mol. The largest absolute Gasteiger partial charge is 0.335 e. The molecule has 0 amide bonds. The Labute approximate surface area is 122 Å². The van der Waals surface area contributed by atoms with Gasteiger partial charge in [-0.1, -0.05) is 31.8 Å². The van der Waals surface area contributed by atoms with Gasteiger partial charge in [-0.15, -0.1) is 0 Å². The van der Waals surface area contributed by atoms with Crippen LogP contribution in [0.2, 0.25) is 19.6 Å². The standard InChI is InChI=1S/C14H24FO3PSi/c1-6-17-19(16,18-7-2)14(20(3,4)5)12-8-10-13(15)11-9-12/h8-11,14H,6-7H2,1-5H3. The van der Waals surface area contributed by atoms with E-state index in [1.165, 1.54) is 12.1 Å². The lowest BCUT2D eigenvalue weighted by molar-refractivity contribution is 0.217. The Morgan fingerprint density at radius 2 is 1.55 bits per heavy atom. The first kappa shape index (κ1) is 17.6. The quantitative estimate of drug-likeness (QED) is 0.523. The van der Waals surface area contributed by atoms with Crippen molar-refractivity contribution >= 4 is 15.7 Å². The molecule has 0 bridgehead atoms. The van der Waals surface area contributed by atoms with Crippen molar-refractivity contribution in [3.63, 3.8) is 0 Å². The molecule has 0 N–H and O–H groups in total. The fourth-order valence-corrected chi connectivity index (χ4v) is 9.41. The van der Waals surface area contributed by atoms with Gasteiger partial charge in [-0.2, -0.15) is 0 Å². The summed E-state index contributed by atoms with van der Waals surface area (Å²) in [5.74, 6) is -0.300. The van der Waals surface area contributed by atoms with Crippen molar-refractivity contribution in [2.45, 2.75) is 38.8 Å². The van der Waals surface area contributed by atoms with Crippen molar-refractivity contribution in [1.82, 2.24) is 0 Å². The first-order valence-corrected chi connectivity index (χ1v) is 12.1. The third kappa shape index (κ3) is 4.25. The van der Waals surface area contributed by atoms with Crippen molar-refractivity contribution in [1.29, 1.82) is 0 Å². The van der Waals surface area contributed by atoms with Crippen LogP contribution in [0.5, 0.6) is 0 Å². The Morgan fingerprint density at radius 1 is 1.10 bits per heavy atom. The van der Waals surface area contributed by atoms with Crippen LogP contribution in [-0.2, 0) is 13.6 Å². The van der Waals surface area contributed by atoms with Gasteiger partial charge < -0.3 is 9.05 Å². The molecule has 0 aliphatic carbocycles. The third-order valence-corrected chi connectivity index (χ3v) is 10.4. The van der Waals surface area contributed by atoms with Gasteiger partial charge in [0.2, 0.25) is 0 Å². The first-order chi connectivity index (χ1) is 9.24. The molecule has 1 unspecified atom stereocenters. The molecule has 6 heteroatoms. The minimum Gasteiger partial charge on any atom is -0.309 e. The molecule has 114 valence electrons. The van der Waals surface area contributed by atoms with E-state index in [0.717, 1.165) is 5.56 Å². The molecule has 1 atom stereocenters. The van der Waals surface area contributed by atoms with Crippen molar-refractivity contribution < 1.29 is 18.0 Å². The van der Waals surface area contributed by atoms with E-state index in [0.29, 0.717) is 13.2 Å². The highest BCUT2D eigenvalue weighted by molar-refractivity contribution is 7.57. The predicted molar refractivity (Wildman–Crippen MR) is 83.3 cm³/mol. The lowest BCUT2D eigenvalue weighted by Gasteiger charge is -2.34. The Balaban J connectivity index is 3.30. The Morgan fingerprint density at radius 3 is 1.90 bits per heavy atom. The molecule has 20 heavy (non-hydrogen) atoms. The highest BCUT2D eigenvalue weighted by Crippen LogP contribution is 2.64.